The molecule has 20 heavy (non-hydrogen) atoms. The van der Waals surface area contributed by atoms with Crippen molar-refractivity contribution in [2.24, 2.45) is 11.8 Å². The number of hydrogen-bond acceptors (Lipinski definition) is 3. The number of thioether (sulfide) groups is 1. The van der Waals surface area contributed by atoms with Gasteiger partial charge in [0.2, 0.25) is 11.8 Å². The van der Waals surface area contributed by atoms with Crippen LogP contribution >= 0.6 is 11.8 Å². The molecule has 1 fully saturated rings. The lowest BCUT2D eigenvalue weighted by Crippen LogP contribution is -2.66. The van der Waals surface area contributed by atoms with Crippen molar-refractivity contribution in [3.05, 3.63) is 0 Å². The largest absolute Gasteiger partial charge is 0.342 e. The molecule has 0 radical (unpaired) electrons. The molecule has 1 rings (SSSR count). The normalized spacial score (nSPS) is 23.1. The molecule has 0 aliphatic carbocycles. The lowest BCUT2D eigenvalue weighted by Gasteiger charge is -2.42. The molecule has 0 bridgehead atoms. The van der Waals surface area contributed by atoms with Crippen LogP contribution in [0, 0.1) is 24.2 Å². The average Bonchev–Trinajstić information content (AvgIpc) is 2.37. The van der Waals surface area contributed by atoms with E-state index in [1.165, 1.54) is 0 Å². The van der Waals surface area contributed by atoms with Crippen LogP contribution in [0.25, 0.3) is 0 Å². The van der Waals surface area contributed by atoms with Gasteiger partial charge in [0.1, 0.15) is 12.1 Å². The SMILES string of the molecule is C#CCSCCN1C(=O)C(C(C)C)NC(=O)C1C(C)C. The highest BCUT2D eigenvalue weighted by atomic mass is 32.2. The maximum absolute atomic E-state index is 12.6. The quantitative estimate of drug-likeness (QED) is 0.595. The molecule has 2 unspecified atom stereocenters. The van der Waals surface area contributed by atoms with E-state index in [0.29, 0.717) is 12.3 Å². The fraction of sp³-hybridized carbons (Fsp3) is 0.733. The van der Waals surface area contributed by atoms with Gasteiger partial charge in [0.15, 0.2) is 0 Å². The van der Waals surface area contributed by atoms with E-state index >= 15 is 0 Å². The summed E-state index contributed by atoms with van der Waals surface area (Å²) in [4.78, 5) is 26.5. The molecular formula is C15H24N2O2S. The highest BCUT2D eigenvalue weighted by Crippen LogP contribution is 2.21. The number of amides is 2. The van der Waals surface area contributed by atoms with Gasteiger partial charge in [-0.05, 0) is 11.8 Å². The number of hydrogen-bond donors (Lipinski definition) is 1. The van der Waals surface area contributed by atoms with Crippen LogP contribution in [0.1, 0.15) is 27.7 Å². The molecule has 0 aromatic heterocycles. The monoisotopic (exact) mass is 296 g/mol. The van der Waals surface area contributed by atoms with Crippen LogP contribution in [0.3, 0.4) is 0 Å². The van der Waals surface area contributed by atoms with Crippen molar-refractivity contribution in [1.82, 2.24) is 10.2 Å². The van der Waals surface area contributed by atoms with E-state index < -0.39 is 6.04 Å². The molecule has 1 heterocycles. The summed E-state index contributed by atoms with van der Waals surface area (Å²) in [5.74, 6) is 4.15. The summed E-state index contributed by atoms with van der Waals surface area (Å²) in [6.07, 6.45) is 5.22. The highest BCUT2D eigenvalue weighted by molar-refractivity contribution is 7.99. The second-order valence-corrected chi connectivity index (χ2v) is 6.81. The van der Waals surface area contributed by atoms with Gasteiger partial charge in [-0.15, -0.1) is 18.2 Å². The summed E-state index contributed by atoms with van der Waals surface area (Å²) in [7, 11) is 0. The number of piperazine rings is 1. The predicted octanol–water partition coefficient (Wildman–Crippen LogP) is 1.36. The Hall–Kier alpha value is -1.15. The molecule has 4 nitrogen and oxygen atoms in total. The molecule has 1 aliphatic rings. The van der Waals surface area contributed by atoms with Gasteiger partial charge in [0.25, 0.3) is 0 Å². The molecule has 112 valence electrons. The van der Waals surface area contributed by atoms with Gasteiger partial charge in [0, 0.05) is 12.3 Å². The predicted molar refractivity (Wildman–Crippen MR) is 83.3 cm³/mol. The van der Waals surface area contributed by atoms with E-state index in [9.17, 15) is 9.59 Å². The second kappa shape index (κ2) is 7.58. The number of nitrogens with one attached hydrogen (secondary N) is 1. The zero-order valence-electron chi connectivity index (χ0n) is 12.7. The van der Waals surface area contributed by atoms with Crippen LogP contribution in [0.2, 0.25) is 0 Å². The first-order valence-corrected chi connectivity index (χ1v) is 8.17. The second-order valence-electron chi connectivity index (χ2n) is 5.71. The Morgan fingerprint density at radius 3 is 2.45 bits per heavy atom. The summed E-state index contributed by atoms with van der Waals surface area (Å²) in [6, 6.07) is -0.779. The average molecular weight is 296 g/mol. The maximum atomic E-state index is 12.6. The summed E-state index contributed by atoms with van der Waals surface area (Å²) < 4.78 is 0. The molecule has 0 aromatic rings. The van der Waals surface area contributed by atoms with E-state index in [1.807, 2.05) is 27.7 Å². The van der Waals surface area contributed by atoms with Crippen LogP contribution in [0.15, 0.2) is 0 Å². The first-order chi connectivity index (χ1) is 9.40. The third-order valence-electron chi connectivity index (χ3n) is 3.41. The van der Waals surface area contributed by atoms with E-state index in [4.69, 9.17) is 6.42 Å². The van der Waals surface area contributed by atoms with E-state index in [0.717, 1.165) is 5.75 Å². The number of carbonyl (C=O) groups excluding carboxylic acids is 2. The summed E-state index contributed by atoms with van der Waals surface area (Å²) in [6.45, 7) is 8.40. The van der Waals surface area contributed by atoms with Gasteiger partial charge in [0.05, 0.1) is 5.75 Å². The first-order valence-electron chi connectivity index (χ1n) is 7.02. The molecule has 1 N–H and O–H groups in total. The van der Waals surface area contributed by atoms with Crippen molar-refractivity contribution in [3.8, 4) is 12.3 Å². The van der Waals surface area contributed by atoms with Crippen molar-refractivity contribution in [2.45, 2.75) is 39.8 Å². The summed E-state index contributed by atoms with van der Waals surface area (Å²) in [5, 5.41) is 2.86. The topological polar surface area (TPSA) is 49.4 Å². The number of carbonyl (C=O) groups is 2. The molecule has 0 spiro atoms. The first kappa shape index (κ1) is 16.9. The van der Waals surface area contributed by atoms with Crippen molar-refractivity contribution < 1.29 is 9.59 Å². The molecule has 1 aliphatic heterocycles. The number of nitrogens with zero attached hydrogens (tertiary/aromatic N) is 1. The van der Waals surface area contributed by atoms with Gasteiger partial charge in [-0.3, -0.25) is 9.59 Å². The highest BCUT2D eigenvalue weighted by Gasteiger charge is 2.42. The number of terminal acetylenes is 1. The third kappa shape index (κ3) is 3.92. The smallest absolute Gasteiger partial charge is 0.246 e. The van der Waals surface area contributed by atoms with Gasteiger partial charge < -0.3 is 10.2 Å². The Kier molecular flexibility index (Phi) is 6.41. The maximum Gasteiger partial charge on any atom is 0.246 e. The van der Waals surface area contributed by atoms with Crippen molar-refractivity contribution in [1.29, 1.82) is 0 Å². The van der Waals surface area contributed by atoms with Crippen molar-refractivity contribution in [3.63, 3.8) is 0 Å². The van der Waals surface area contributed by atoms with Gasteiger partial charge in [-0.2, -0.15) is 0 Å². The minimum Gasteiger partial charge on any atom is -0.342 e. The molecule has 2 atom stereocenters. The zero-order valence-corrected chi connectivity index (χ0v) is 13.5. The van der Waals surface area contributed by atoms with Gasteiger partial charge in [-0.25, -0.2) is 0 Å². The molecule has 0 aromatic carbocycles. The van der Waals surface area contributed by atoms with E-state index in [-0.39, 0.29) is 29.7 Å². The van der Waals surface area contributed by atoms with E-state index in [1.54, 1.807) is 16.7 Å². The Balaban J connectivity index is 2.82. The Morgan fingerprint density at radius 1 is 1.30 bits per heavy atom. The molecule has 0 saturated carbocycles. The minimum absolute atomic E-state index is 0.0274. The van der Waals surface area contributed by atoms with Gasteiger partial charge >= 0.3 is 0 Å². The Labute approximate surface area is 126 Å². The zero-order chi connectivity index (χ0) is 15.3. The summed E-state index contributed by atoms with van der Waals surface area (Å²) in [5.41, 5.74) is 0. The van der Waals surface area contributed by atoms with Gasteiger partial charge in [-0.1, -0.05) is 33.6 Å². The molecular weight excluding hydrogens is 272 g/mol. The lowest BCUT2D eigenvalue weighted by molar-refractivity contribution is -0.152. The fourth-order valence-corrected chi connectivity index (χ4v) is 3.00. The molecule has 1 saturated heterocycles. The van der Waals surface area contributed by atoms with E-state index in [2.05, 4.69) is 11.2 Å². The number of rotatable bonds is 6. The minimum atomic E-state index is -0.407. The summed E-state index contributed by atoms with van der Waals surface area (Å²) >= 11 is 1.61. The fourth-order valence-electron chi connectivity index (χ4n) is 2.42. The standard InChI is InChI=1S/C15H24N2O2S/c1-6-8-20-9-7-17-13(11(4)5)14(18)16-12(10(2)3)15(17)19/h1,10-13H,7-9H2,2-5H3,(H,16,18). The van der Waals surface area contributed by atoms with Crippen molar-refractivity contribution >= 4 is 23.6 Å². The molecule has 5 heteroatoms. The lowest BCUT2D eigenvalue weighted by atomic mass is 9.93. The van der Waals surface area contributed by atoms with Crippen LogP contribution < -0.4 is 5.32 Å². The van der Waals surface area contributed by atoms with Crippen LogP contribution in [0.5, 0.6) is 0 Å². The molecule has 2 amide bonds. The Bertz CT molecular complexity index is 401. The third-order valence-corrected chi connectivity index (χ3v) is 4.25. The van der Waals surface area contributed by atoms with Crippen molar-refractivity contribution in [2.75, 3.05) is 18.1 Å². The van der Waals surface area contributed by atoms with Crippen LogP contribution in [0.4, 0.5) is 0 Å². The van der Waals surface area contributed by atoms with Crippen LogP contribution in [-0.2, 0) is 9.59 Å². The Morgan fingerprint density at radius 2 is 1.95 bits per heavy atom. The van der Waals surface area contributed by atoms with Crippen LogP contribution in [-0.4, -0.2) is 46.8 Å².